The highest BCUT2D eigenvalue weighted by Gasteiger charge is 2.13. The first kappa shape index (κ1) is 14.0. The Kier molecular flexibility index (Phi) is 4.46. The molecule has 2 aromatic rings. The van der Waals surface area contributed by atoms with Gasteiger partial charge in [-0.05, 0) is 50.0 Å². The van der Waals surface area contributed by atoms with Crippen molar-refractivity contribution in [2.75, 3.05) is 18.4 Å². The molecule has 1 aliphatic rings. The van der Waals surface area contributed by atoms with Crippen molar-refractivity contribution in [3.8, 4) is 11.3 Å². The Labute approximate surface area is 126 Å². The molecule has 3 rings (SSSR count). The van der Waals surface area contributed by atoms with Gasteiger partial charge in [0.1, 0.15) is 5.82 Å². The molecule has 0 spiro atoms. The van der Waals surface area contributed by atoms with Gasteiger partial charge in [0.05, 0.1) is 5.69 Å². The molecule has 2 N–H and O–H groups in total. The van der Waals surface area contributed by atoms with Crippen LogP contribution in [0.1, 0.15) is 25.3 Å². The van der Waals surface area contributed by atoms with Gasteiger partial charge in [0.25, 0.3) is 0 Å². The van der Waals surface area contributed by atoms with E-state index >= 15 is 0 Å². The molecule has 110 valence electrons. The number of rotatable bonds is 4. The summed E-state index contributed by atoms with van der Waals surface area (Å²) in [4.78, 5) is 0. The number of benzene rings is 1. The molecule has 1 fully saturated rings. The lowest BCUT2D eigenvalue weighted by atomic mass is 10.1. The quantitative estimate of drug-likeness (QED) is 0.905. The fourth-order valence-corrected chi connectivity index (χ4v) is 2.65. The van der Waals surface area contributed by atoms with E-state index in [-0.39, 0.29) is 0 Å². The first-order valence-electron chi connectivity index (χ1n) is 7.75. The summed E-state index contributed by atoms with van der Waals surface area (Å²) in [7, 11) is 0. The van der Waals surface area contributed by atoms with Crippen molar-refractivity contribution in [2.45, 2.75) is 32.2 Å². The van der Waals surface area contributed by atoms with Gasteiger partial charge in [0.15, 0.2) is 0 Å². The summed E-state index contributed by atoms with van der Waals surface area (Å²) in [5, 5.41) is 15.5. The van der Waals surface area contributed by atoms with E-state index in [9.17, 15) is 0 Å². The largest absolute Gasteiger partial charge is 0.366 e. The molecule has 0 saturated carbocycles. The molecule has 4 heteroatoms. The van der Waals surface area contributed by atoms with Gasteiger partial charge in [0, 0.05) is 11.6 Å². The van der Waals surface area contributed by atoms with E-state index in [1.165, 1.54) is 5.56 Å². The van der Waals surface area contributed by atoms with Crippen molar-refractivity contribution in [1.29, 1.82) is 0 Å². The summed E-state index contributed by atoms with van der Waals surface area (Å²) >= 11 is 0. The monoisotopic (exact) mass is 282 g/mol. The molecule has 1 saturated heterocycles. The Balaban J connectivity index is 1.67. The van der Waals surface area contributed by atoms with Gasteiger partial charge in [-0.3, -0.25) is 0 Å². The zero-order valence-corrected chi connectivity index (χ0v) is 12.5. The Morgan fingerprint density at radius 1 is 1.05 bits per heavy atom. The number of anilines is 1. The van der Waals surface area contributed by atoms with Crippen LogP contribution in [0.2, 0.25) is 0 Å². The summed E-state index contributed by atoms with van der Waals surface area (Å²) in [6, 6.07) is 13.1. The normalized spacial score (nSPS) is 15.9. The molecular weight excluding hydrogens is 260 g/mol. The summed E-state index contributed by atoms with van der Waals surface area (Å²) in [5.74, 6) is 0.871. The van der Waals surface area contributed by atoms with E-state index in [0.29, 0.717) is 6.04 Å². The minimum Gasteiger partial charge on any atom is -0.366 e. The van der Waals surface area contributed by atoms with Gasteiger partial charge in [-0.2, -0.15) is 0 Å². The molecule has 0 atom stereocenters. The molecule has 1 aromatic heterocycles. The zero-order chi connectivity index (χ0) is 14.5. The molecule has 21 heavy (non-hydrogen) atoms. The third-order valence-corrected chi connectivity index (χ3v) is 4.01. The number of aryl methyl sites for hydroxylation is 1. The zero-order valence-electron chi connectivity index (χ0n) is 12.5. The number of hydrogen-bond donors (Lipinski definition) is 2. The van der Waals surface area contributed by atoms with Crippen molar-refractivity contribution in [3.63, 3.8) is 0 Å². The van der Waals surface area contributed by atoms with E-state index in [4.69, 9.17) is 0 Å². The van der Waals surface area contributed by atoms with Gasteiger partial charge in [-0.15, -0.1) is 10.2 Å². The lowest BCUT2D eigenvalue weighted by Gasteiger charge is -2.23. The lowest BCUT2D eigenvalue weighted by molar-refractivity contribution is 0.478. The number of nitrogens with zero attached hydrogens (tertiary/aromatic N) is 2. The Morgan fingerprint density at radius 2 is 1.81 bits per heavy atom. The van der Waals surface area contributed by atoms with Crippen molar-refractivity contribution in [2.24, 2.45) is 0 Å². The maximum atomic E-state index is 4.34. The predicted octanol–water partition coefficient (Wildman–Crippen LogP) is 2.87. The highest BCUT2D eigenvalue weighted by Crippen LogP contribution is 2.19. The summed E-state index contributed by atoms with van der Waals surface area (Å²) < 4.78 is 0. The van der Waals surface area contributed by atoms with E-state index in [1.54, 1.807) is 0 Å². The van der Waals surface area contributed by atoms with Gasteiger partial charge < -0.3 is 10.6 Å². The van der Waals surface area contributed by atoms with Gasteiger partial charge >= 0.3 is 0 Å². The van der Waals surface area contributed by atoms with E-state index in [0.717, 1.165) is 49.4 Å². The van der Waals surface area contributed by atoms with Crippen LogP contribution in [0.4, 0.5) is 5.82 Å². The molecule has 0 bridgehead atoms. The fourth-order valence-electron chi connectivity index (χ4n) is 2.65. The molecule has 1 aliphatic heterocycles. The molecular formula is C17H22N4. The van der Waals surface area contributed by atoms with Crippen LogP contribution in [-0.4, -0.2) is 29.3 Å². The first-order valence-corrected chi connectivity index (χ1v) is 7.75. The summed E-state index contributed by atoms with van der Waals surface area (Å²) in [5.41, 5.74) is 3.39. The number of piperidine rings is 1. The molecule has 0 aliphatic carbocycles. The van der Waals surface area contributed by atoms with E-state index in [2.05, 4.69) is 52.0 Å². The van der Waals surface area contributed by atoms with Crippen LogP contribution in [-0.2, 0) is 6.42 Å². The van der Waals surface area contributed by atoms with E-state index in [1.807, 2.05) is 12.1 Å². The van der Waals surface area contributed by atoms with Crippen molar-refractivity contribution >= 4 is 5.82 Å². The second-order valence-electron chi connectivity index (χ2n) is 5.52. The minimum atomic E-state index is 0.509. The fraction of sp³-hybridized carbons (Fsp3) is 0.412. The third-order valence-electron chi connectivity index (χ3n) is 4.01. The third kappa shape index (κ3) is 3.58. The average Bonchev–Trinajstić information content (AvgIpc) is 2.57. The first-order chi connectivity index (χ1) is 10.3. The molecule has 2 heterocycles. The van der Waals surface area contributed by atoms with E-state index < -0.39 is 0 Å². The minimum absolute atomic E-state index is 0.509. The molecule has 1 aromatic carbocycles. The number of nitrogens with one attached hydrogen (secondary N) is 2. The van der Waals surface area contributed by atoms with Gasteiger partial charge in [-0.25, -0.2) is 0 Å². The van der Waals surface area contributed by atoms with Crippen molar-refractivity contribution in [1.82, 2.24) is 15.5 Å². The van der Waals surface area contributed by atoms with Crippen LogP contribution in [0.15, 0.2) is 36.4 Å². The average molecular weight is 282 g/mol. The van der Waals surface area contributed by atoms with Crippen LogP contribution in [0.3, 0.4) is 0 Å². The standard InChI is InChI=1S/C17H22N4/c1-2-13-3-5-14(6-4-13)16-7-8-17(21-20-16)19-15-9-11-18-12-10-15/h3-8,15,18H,2,9-12H2,1H3,(H,19,21). The van der Waals surface area contributed by atoms with Gasteiger partial charge in [-0.1, -0.05) is 31.2 Å². The molecule has 0 radical (unpaired) electrons. The Bertz CT molecular complexity index is 556. The molecule has 4 nitrogen and oxygen atoms in total. The second kappa shape index (κ2) is 6.68. The van der Waals surface area contributed by atoms with Crippen LogP contribution in [0, 0.1) is 0 Å². The second-order valence-corrected chi connectivity index (χ2v) is 5.52. The highest BCUT2D eigenvalue weighted by molar-refractivity contribution is 5.59. The summed E-state index contributed by atoms with van der Waals surface area (Å²) in [6.45, 7) is 4.32. The topological polar surface area (TPSA) is 49.8 Å². The van der Waals surface area contributed by atoms with Crippen LogP contribution < -0.4 is 10.6 Å². The van der Waals surface area contributed by atoms with Gasteiger partial charge in [0.2, 0.25) is 0 Å². The Hall–Kier alpha value is -1.94. The number of hydrogen-bond acceptors (Lipinski definition) is 4. The van der Waals surface area contributed by atoms with Crippen LogP contribution in [0.5, 0.6) is 0 Å². The maximum Gasteiger partial charge on any atom is 0.148 e. The summed E-state index contributed by atoms with van der Waals surface area (Å²) in [6.07, 6.45) is 3.34. The molecule has 0 amide bonds. The van der Waals surface area contributed by atoms with Crippen LogP contribution >= 0.6 is 0 Å². The Morgan fingerprint density at radius 3 is 2.43 bits per heavy atom. The smallest absolute Gasteiger partial charge is 0.148 e. The number of aromatic nitrogens is 2. The van der Waals surface area contributed by atoms with Crippen molar-refractivity contribution in [3.05, 3.63) is 42.0 Å². The highest BCUT2D eigenvalue weighted by atomic mass is 15.2. The molecule has 0 unspecified atom stereocenters. The predicted molar refractivity (Wildman–Crippen MR) is 86.4 cm³/mol. The van der Waals surface area contributed by atoms with Crippen molar-refractivity contribution < 1.29 is 0 Å². The van der Waals surface area contributed by atoms with Crippen LogP contribution in [0.25, 0.3) is 11.3 Å². The maximum absolute atomic E-state index is 4.34. The lowest BCUT2D eigenvalue weighted by Crippen LogP contribution is -2.35. The SMILES string of the molecule is CCc1ccc(-c2ccc(NC3CCNCC3)nn2)cc1.